The SMILES string of the molecule is CC(C)CNC(=O)N1CCC(c2nc(CCOCC3CCOCC3)no2)C1. The second-order valence-corrected chi connectivity index (χ2v) is 7.94. The van der Waals surface area contributed by atoms with Crippen LogP contribution in [0.1, 0.15) is 50.7 Å². The van der Waals surface area contributed by atoms with Gasteiger partial charge in [0.2, 0.25) is 5.89 Å². The molecule has 8 nitrogen and oxygen atoms in total. The van der Waals surface area contributed by atoms with Crippen molar-refractivity contribution < 1.29 is 18.8 Å². The van der Waals surface area contributed by atoms with Crippen LogP contribution in [0, 0.1) is 11.8 Å². The average Bonchev–Trinajstić information content (AvgIpc) is 3.33. The van der Waals surface area contributed by atoms with Gasteiger partial charge in [-0.3, -0.25) is 0 Å². The molecule has 2 amide bonds. The van der Waals surface area contributed by atoms with Crippen molar-refractivity contribution in [2.45, 2.75) is 45.4 Å². The van der Waals surface area contributed by atoms with Crippen LogP contribution in [0.15, 0.2) is 4.52 Å². The molecule has 0 radical (unpaired) electrons. The second-order valence-electron chi connectivity index (χ2n) is 7.94. The number of rotatable bonds is 8. The first-order valence-electron chi connectivity index (χ1n) is 10.1. The van der Waals surface area contributed by atoms with Gasteiger partial charge in [-0.2, -0.15) is 4.98 Å². The third kappa shape index (κ3) is 6.17. The molecule has 2 saturated heterocycles. The molecule has 0 aliphatic carbocycles. The predicted molar refractivity (Wildman–Crippen MR) is 99.5 cm³/mol. The molecule has 1 atom stereocenters. The molecule has 2 fully saturated rings. The van der Waals surface area contributed by atoms with Crippen molar-refractivity contribution in [2.24, 2.45) is 11.8 Å². The first kappa shape index (κ1) is 20.1. The van der Waals surface area contributed by atoms with Crippen LogP contribution >= 0.6 is 0 Å². The molecule has 1 unspecified atom stereocenters. The molecule has 1 N–H and O–H groups in total. The highest BCUT2D eigenvalue weighted by atomic mass is 16.5. The summed E-state index contributed by atoms with van der Waals surface area (Å²) < 4.78 is 16.6. The number of hydrogen-bond acceptors (Lipinski definition) is 6. The molecule has 0 saturated carbocycles. The Kier molecular flexibility index (Phi) is 7.46. The lowest BCUT2D eigenvalue weighted by Gasteiger charge is -2.21. The minimum absolute atomic E-state index is 0.00699. The molecular formula is C19H32N4O4. The maximum atomic E-state index is 12.2. The maximum absolute atomic E-state index is 12.2. The van der Waals surface area contributed by atoms with E-state index in [0.29, 0.717) is 49.7 Å². The number of amides is 2. The number of nitrogens with zero attached hydrogens (tertiary/aromatic N) is 3. The molecule has 2 aliphatic rings. The van der Waals surface area contributed by atoms with Gasteiger partial charge in [0.05, 0.1) is 12.5 Å². The number of carbonyl (C=O) groups excluding carboxylic acids is 1. The smallest absolute Gasteiger partial charge is 0.317 e. The highest BCUT2D eigenvalue weighted by Gasteiger charge is 2.31. The molecule has 152 valence electrons. The third-order valence-electron chi connectivity index (χ3n) is 5.13. The van der Waals surface area contributed by atoms with Gasteiger partial charge in [0.25, 0.3) is 0 Å². The minimum Gasteiger partial charge on any atom is -0.381 e. The number of nitrogens with one attached hydrogen (secondary N) is 1. The van der Waals surface area contributed by atoms with Gasteiger partial charge < -0.3 is 24.2 Å². The van der Waals surface area contributed by atoms with Gasteiger partial charge in [-0.25, -0.2) is 4.79 Å². The second kappa shape index (κ2) is 10.0. The van der Waals surface area contributed by atoms with Crippen LogP contribution in [-0.4, -0.2) is 67.1 Å². The summed E-state index contributed by atoms with van der Waals surface area (Å²) in [6.45, 7) is 9.28. The number of hydrogen-bond donors (Lipinski definition) is 1. The number of urea groups is 1. The lowest BCUT2D eigenvalue weighted by molar-refractivity contribution is 0.0211. The topological polar surface area (TPSA) is 89.7 Å². The van der Waals surface area contributed by atoms with E-state index in [1.54, 1.807) is 0 Å². The first-order chi connectivity index (χ1) is 13.1. The van der Waals surface area contributed by atoms with Crippen LogP contribution in [0.5, 0.6) is 0 Å². The summed E-state index contributed by atoms with van der Waals surface area (Å²) in [4.78, 5) is 18.5. The lowest BCUT2D eigenvalue weighted by Crippen LogP contribution is -2.39. The van der Waals surface area contributed by atoms with Crippen LogP contribution in [-0.2, 0) is 15.9 Å². The van der Waals surface area contributed by atoms with Crippen molar-refractivity contribution in [3.63, 3.8) is 0 Å². The Labute approximate surface area is 161 Å². The van der Waals surface area contributed by atoms with Gasteiger partial charge in [0.15, 0.2) is 5.82 Å². The Balaban J connectivity index is 1.37. The van der Waals surface area contributed by atoms with Gasteiger partial charge in [0, 0.05) is 45.9 Å². The van der Waals surface area contributed by atoms with Crippen molar-refractivity contribution in [1.82, 2.24) is 20.4 Å². The highest BCUT2D eigenvalue weighted by Crippen LogP contribution is 2.26. The zero-order chi connectivity index (χ0) is 19.1. The Morgan fingerprint density at radius 1 is 1.33 bits per heavy atom. The predicted octanol–water partition coefficient (Wildman–Crippen LogP) is 2.21. The Morgan fingerprint density at radius 3 is 2.93 bits per heavy atom. The van der Waals surface area contributed by atoms with E-state index in [0.717, 1.165) is 45.6 Å². The third-order valence-corrected chi connectivity index (χ3v) is 5.13. The van der Waals surface area contributed by atoms with Gasteiger partial charge in [-0.15, -0.1) is 0 Å². The first-order valence-corrected chi connectivity index (χ1v) is 10.1. The zero-order valence-corrected chi connectivity index (χ0v) is 16.5. The van der Waals surface area contributed by atoms with E-state index in [1.165, 1.54) is 0 Å². The quantitative estimate of drug-likeness (QED) is 0.696. The molecule has 1 aromatic rings. The zero-order valence-electron chi connectivity index (χ0n) is 16.5. The number of ether oxygens (including phenoxy) is 2. The normalized spacial score (nSPS) is 21.1. The summed E-state index contributed by atoms with van der Waals surface area (Å²) in [6.07, 6.45) is 3.67. The molecule has 0 spiro atoms. The van der Waals surface area contributed by atoms with Crippen LogP contribution in [0.2, 0.25) is 0 Å². The Hall–Kier alpha value is -1.67. The Morgan fingerprint density at radius 2 is 2.15 bits per heavy atom. The van der Waals surface area contributed by atoms with Gasteiger partial charge >= 0.3 is 6.03 Å². The van der Waals surface area contributed by atoms with E-state index >= 15 is 0 Å². The molecular weight excluding hydrogens is 348 g/mol. The van der Waals surface area contributed by atoms with Crippen molar-refractivity contribution in [3.8, 4) is 0 Å². The van der Waals surface area contributed by atoms with E-state index in [9.17, 15) is 4.79 Å². The summed E-state index contributed by atoms with van der Waals surface area (Å²) in [6, 6.07) is -0.00699. The molecule has 3 rings (SSSR count). The largest absolute Gasteiger partial charge is 0.381 e. The molecule has 1 aromatic heterocycles. The van der Waals surface area contributed by atoms with Crippen molar-refractivity contribution in [1.29, 1.82) is 0 Å². The van der Waals surface area contributed by atoms with Crippen molar-refractivity contribution in [2.75, 3.05) is 46.1 Å². The molecule has 0 bridgehead atoms. The molecule has 8 heteroatoms. The fraction of sp³-hybridized carbons (Fsp3) is 0.842. The number of likely N-dealkylation sites (tertiary alicyclic amines) is 1. The molecule has 0 aromatic carbocycles. The van der Waals surface area contributed by atoms with Gasteiger partial charge in [-0.1, -0.05) is 19.0 Å². The van der Waals surface area contributed by atoms with E-state index in [4.69, 9.17) is 14.0 Å². The highest BCUT2D eigenvalue weighted by molar-refractivity contribution is 5.74. The fourth-order valence-electron chi connectivity index (χ4n) is 3.41. The van der Waals surface area contributed by atoms with Gasteiger partial charge in [-0.05, 0) is 31.1 Å². The summed E-state index contributed by atoms with van der Waals surface area (Å²) in [7, 11) is 0. The number of aromatic nitrogens is 2. The standard InChI is InChI=1S/C19H32N4O4/c1-14(2)11-20-19(24)23-7-3-16(12-23)18-21-17(22-27-18)6-10-26-13-15-4-8-25-9-5-15/h14-16H,3-13H2,1-2H3,(H,20,24). The number of carbonyl (C=O) groups is 1. The monoisotopic (exact) mass is 380 g/mol. The van der Waals surface area contributed by atoms with Crippen LogP contribution in [0.25, 0.3) is 0 Å². The van der Waals surface area contributed by atoms with E-state index < -0.39 is 0 Å². The summed E-state index contributed by atoms with van der Waals surface area (Å²) >= 11 is 0. The molecule has 2 aliphatic heterocycles. The fourth-order valence-corrected chi connectivity index (χ4v) is 3.41. The maximum Gasteiger partial charge on any atom is 0.317 e. The molecule has 27 heavy (non-hydrogen) atoms. The van der Waals surface area contributed by atoms with Crippen molar-refractivity contribution >= 4 is 6.03 Å². The van der Waals surface area contributed by atoms with Crippen LogP contribution in [0.3, 0.4) is 0 Å². The van der Waals surface area contributed by atoms with Crippen LogP contribution < -0.4 is 5.32 Å². The average molecular weight is 380 g/mol. The van der Waals surface area contributed by atoms with Crippen LogP contribution in [0.4, 0.5) is 4.79 Å². The van der Waals surface area contributed by atoms with E-state index in [-0.39, 0.29) is 11.9 Å². The lowest BCUT2D eigenvalue weighted by atomic mass is 10.0. The minimum atomic E-state index is -0.00699. The van der Waals surface area contributed by atoms with E-state index in [1.807, 2.05) is 4.90 Å². The molecule has 3 heterocycles. The summed E-state index contributed by atoms with van der Waals surface area (Å²) in [5, 5.41) is 7.03. The van der Waals surface area contributed by atoms with E-state index in [2.05, 4.69) is 29.3 Å². The van der Waals surface area contributed by atoms with Crippen molar-refractivity contribution in [3.05, 3.63) is 11.7 Å². The van der Waals surface area contributed by atoms with Gasteiger partial charge in [0.1, 0.15) is 0 Å². The Bertz CT molecular complexity index is 586. The summed E-state index contributed by atoms with van der Waals surface area (Å²) in [5.74, 6) is 2.48. The summed E-state index contributed by atoms with van der Waals surface area (Å²) in [5.41, 5.74) is 0.